The van der Waals surface area contributed by atoms with E-state index in [1.807, 2.05) is 4.90 Å². The van der Waals surface area contributed by atoms with Gasteiger partial charge in [-0.2, -0.15) is 18.3 Å². The summed E-state index contributed by atoms with van der Waals surface area (Å²) in [5.41, 5.74) is -0.165. The van der Waals surface area contributed by atoms with Crippen molar-refractivity contribution in [2.45, 2.75) is 43.7 Å². The smallest absolute Gasteiger partial charge is 0.333 e. The van der Waals surface area contributed by atoms with Gasteiger partial charge in [0, 0.05) is 61.9 Å². The molecule has 0 bridgehead atoms. The molecule has 3 aliphatic heterocycles. The normalized spacial score (nSPS) is 26.8. The van der Waals surface area contributed by atoms with Crippen molar-refractivity contribution in [1.29, 1.82) is 0 Å². The minimum atomic E-state index is -4.82. The summed E-state index contributed by atoms with van der Waals surface area (Å²) in [5.74, 6) is 1.06. The number of hydrogen-bond acceptors (Lipinski definition) is 4. The molecular formula is C19H23F3N6O2. The summed E-state index contributed by atoms with van der Waals surface area (Å²) in [7, 11) is 0. The molecule has 2 spiro atoms. The summed E-state index contributed by atoms with van der Waals surface area (Å²) in [6, 6.07) is -0.0378. The maximum Gasteiger partial charge on any atom is 0.471 e. The van der Waals surface area contributed by atoms with Crippen LogP contribution in [0.15, 0.2) is 0 Å². The second-order valence-electron chi connectivity index (χ2n) is 10.1. The quantitative estimate of drug-likeness (QED) is 0.783. The van der Waals surface area contributed by atoms with Crippen molar-refractivity contribution in [3.05, 3.63) is 11.6 Å². The fraction of sp³-hybridized carbons (Fsp3) is 0.789. The van der Waals surface area contributed by atoms with Crippen molar-refractivity contribution in [2.75, 3.05) is 39.3 Å². The number of halogens is 3. The topological polar surface area (TPSA) is 85.4 Å². The molecule has 3 amide bonds. The van der Waals surface area contributed by atoms with E-state index < -0.39 is 12.1 Å². The van der Waals surface area contributed by atoms with E-state index in [1.165, 1.54) is 12.8 Å². The molecule has 1 N–H and O–H groups in total. The average molecular weight is 424 g/mol. The van der Waals surface area contributed by atoms with Crippen LogP contribution in [0.2, 0.25) is 0 Å². The van der Waals surface area contributed by atoms with Gasteiger partial charge in [0.2, 0.25) is 0 Å². The molecule has 5 fully saturated rings. The monoisotopic (exact) mass is 424 g/mol. The zero-order valence-electron chi connectivity index (χ0n) is 16.4. The first-order valence-corrected chi connectivity index (χ1v) is 10.5. The van der Waals surface area contributed by atoms with Gasteiger partial charge >= 0.3 is 18.1 Å². The van der Waals surface area contributed by atoms with Gasteiger partial charge in [0.15, 0.2) is 5.82 Å². The standard InChI is InChI=1S/C19H23F3N6O2/c20-19(21,22)15(29)26-7-18(8-26)9-28(10-18)16(30)27-5-17(6-27)3-12(4-17)14-23-13(24-25-14)11-1-2-11/h11-12H,1-10H2,(H,23,24,25). The Hall–Kier alpha value is -2.33. The molecule has 3 saturated heterocycles. The fourth-order valence-electron chi connectivity index (χ4n) is 5.72. The van der Waals surface area contributed by atoms with Crippen molar-refractivity contribution in [2.24, 2.45) is 10.8 Å². The third-order valence-electron chi connectivity index (χ3n) is 7.44. The number of carbonyl (C=O) groups excluding carboxylic acids is 2. The molecule has 1 aromatic rings. The molecule has 2 aliphatic carbocycles. The van der Waals surface area contributed by atoms with Gasteiger partial charge in [0.05, 0.1) is 0 Å². The number of rotatable bonds is 2. The first-order valence-electron chi connectivity index (χ1n) is 10.5. The first kappa shape index (κ1) is 18.4. The molecule has 1 aromatic heterocycles. The molecule has 4 heterocycles. The van der Waals surface area contributed by atoms with Gasteiger partial charge in [-0.15, -0.1) is 0 Å². The Kier molecular flexibility index (Phi) is 3.49. The summed E-state index contributed by atoms with van der Waals surface area (Å²) in [6.07, 6.45) is -0.448. The van der Waals surface area contributed by atoms with E-state index in [4.69, 9.17) is 0 Å². The van der Waals surface area contributed by atoms with Crippen LogP contribution in [0.1, 0.15) is 49.2 Å². The molecule has 0 atom stereocenters. The summed E-state index contributed by atoms with van der Waals surface area (Å²) >= 11 is 0. The Bertz CT molecular complexity index is 898. The molecule has 162 valence electrons. The van der Waals surface area contributed by atoms with Crippen LogP contribution in [0.4, 0.5) is 18.0 Å². The van der Waals surface area contributed by atoms with Crippen LogP contribution < -0.4 is 0 Å². The third kappa shape index (κ3) is 2.73. The van der Waals surface area contributed by atoms with Crippen LogP contribution in [-0.4, -0.2) is 87.3 Å². The number of aromatic amines is 1. The highest BCUT2D eigenvalue weighted by Crippen LogP contribution is 2.56. The summed E-state index contributed by atoms with van der Waals surface area (Å²) < 4.78 is 37.4. The fourth-order valence-corrected chi connectivity index (χ4v) is 5.72. The Morgan fingerprint density at radius 2 is 1.47 bits per heavy atom. The van der Waals surface area contributed by atoms with E-state index in [0.717, 1.165) is 42.5 Å². The van der Waals surface area contributed by atoms with Gasteiger partial charge in [-0.25, -0.2) is 9.78 Å². The number of aromatic nitrogens is 3. The van der Waals surface area contributed by atoms with E-state index in [2.05, 4.69) is 15.2 Å². The molecule has 8 nitrogen and oxygen atoms in total. The molecule has 2 saturated carbocycles. The van der Waals surface area contributed by atoms with E-state index in [9.17, 15) is 22.8 Å². The lowest BCUT2D eigenvalue weighted by molar-refractivity contribution is -0.203. The number of nitrogens with zero attached hydrogens (tertiary/aromatic N) is 5. The Morgan fingerprint density at radius 3 is 2.03 bits per heavy atom. The summed E-state index contributed by atoms with van der Waals surface area (Å²) in [6.45, 7) is 2.48. The second-order valence-corrected chi connectivity index (χ2v) is 10.1. The maximum absolute atomic E-state index is 12.6. The number of alkyl halides is 3. The Balaban J connectivity index is 0.951. The summed E-state index contributed by atoms with van der Waals surface area (Å²) in [5, 5.41) is 7.43. The van der Waals surface area contributed by atoms with Crippen molar-refractivity contribution in [3.63, 3.8) is 0 Å². The molecule has 5 aliphatic rings. The number of carbonyl (C=O) groups is 2. The van der Waals surface area contributed by atoms with Crippen molar-refractivity contribution in [3.8, 4) is 0 Å². The van der Waals surface area contributed by atoms with Gasteiger partial charge in [0.1, 0.15) is 5.82 Å². The lowest BCUT2D eigenvalue weighted by Gasteiger charge is -2.63. The van der Waals surface area contributed by atoms with E-state index in [-0.39, 0.29) is 30.0 Å². The zero-order valence-corrected chi connectivity index (χ0v) is 16.4. The van der Waals surface area contributed by atoms with E-state index in [0.29, 0.717) is 24.9 Å². The van der Waals surface area contributed by atoms with E-state index in [1.54, 1.807) is 4.90 Å². The van der Waals surface area contributed by atoms with Gasteiger partial charge in [0.25, 0.3) is 0 Å². The number of likely N-dealkylation sites (tertiary alicyclic amines) is 3. The number of hydrogen-bond donors (Lipinski definition) is 1. The Morgan fingerprint density at radius 1 is 0.900 bits per heavy atom. The van der Waals surface area contributed by atoms with Crippen LogP contribution in [0.25, 0.3) is 0 Å². The predicted molar refractivity (Wildman–Crippen MR) is 96.4 cm³/mol. The van der Waals surface area contributed by atoms with Gasteiger partial charge in [-0.05, 0) is 25.7 Å². The first-order chi connectivity index (χ1) is 14.2. The highest BCUT2D eigenvalue weighted by Gasteiger charge is 2.60. The molecular weight excluding hydrogens is 401 g/mol. The SMILES string of the molecule is O=C(N1CC2(CC(c3n[nH]c(C4CC4)n3)C2)C1)N1CC2(C1)CN(C(=O)C(F)(F)F)C2. The molecule has 11 heteroatoms. The number of nitrogens with one attached hydrogen (secondary N) is 1. The van der Waals surface area contributed by atoms with Crippen LogP contribution in [-0.2, 0) is 4.79 Å². The van der Waals surface area contributed by atoms with Crippen molar-refractivity contribution in [1.82, 2.24) is 29.9 Å². The summed E-state index contributed by atoms with van der Waals surface area (Å²) in [4.78, 5) is 32.8. The molecule has 30 heavy (non-hydrogen) atoms. The Labute approximate surface area is 170 Å². The molecule has 0 aromatic carbocycles. The van der Waals surface area contributed by atoms with Gasteiger partial charge in [-0.3, -0.25) is 9.89 Å². The number of urea groups is 1. The van der Waals surface area contributed by atoms with Crippen LogP contribution >= 0.6 is 0 Å². The largest absolute Gasteiger partial charge is 0.471 e. The molecule has 0 radical (unpaired) electrons. The average Bonchev–Trinajstić information content (AvgIpc) is 3.27. The predicted octanol–water partition coefficient (Wildman–Crippen LogP) is 1.69. The lowest BCUT2D eigenvalue weighted by atomic mass is 9.57. The van der Waals surface area contributed by atoms with Gasteiger partial charge < -0.3 is 14.7 Å². The van der Waals surface area contributed by atoms with Gasteiger partial charge in [-0.1, -0.05) is 0 Å². The highest BCUT2D eigenvalue weighted by molar-refractivity contribution is 5.83. The maximum atomic E-state index is 12.6. The molecule has 0 unspecified atom stereocenters. The van der Waals surface area contributed by atoms with Crippen LogP contribution in [0.5, 0.6) is 0 Å². The second kappa shape index (κ2) is 5.67. The van der Waals surface area contributed by atoms with Crippen LogP contribution in [0, 0.1) is 10.8 Å². The van der Waals surface area contributed by atoms with Crippen molar-refractivity contribution >= 4 is 11.9 Å². The minimum Gasteiger partial charge on any atom is -0.333 e. The zero-order chi connectivity index (χ0) is 20.9. The third-order valence-corrected chi connectivity index (χ3v) is 7.44. The number of amides is 3. The minimum absolute atomic E-state index is 0.0378. The molecule has 6 rings (SSSR count). The number of H-pyrrole nitrogens is 1. The van der Waals surface area contributed by atoms with Crippen molar-refractivity contribution < 1.29 is 22.8 Å². The lowest BCUT2D eigenvalue weighted by Crippen LogP contribution is -2.76. The highest BCUT2D eigenvalue weighted by atomic mass is 19.4. The van der Waals surface area contributed by atoms with Crippen LogP contribution in [0.3, 0.4) is 0 Å². The van der Waals surface area contributed by atoms with E-state index >= 15 is 0 Å².